The lowest BCUT2D eigenvalue weighted by molar-refractivity contribution is -0.132. The normalized spacial score (nSPS) is 17.0. The number of anilines is 1. The first-order chi connectivity index (χ1) is 18.4. The quantitative estimate of drug-likeness (QED) is 0.178. The molecule has 0 spiro atoms. The van der Waals surface area contributed by atoms with Gasteiger partial charge in [0.05, 0.1) is 30.4 Å². The van der Waals surface area contributed by atoms with E-state index in [2.05, 4.69) is 20.8 Å². The standard InChI is InChI=1S/C32H33NO6/c1-19(2)39-25-17-11-21(12-18-25)28(34)26-27(20-7-13-23(14-8-20)32(3,4)5)33(30(36)29(26)35)24-15-9-22(10-16-24)31(37)38-6/h7-19,27,34H,1-6H3/b28-26+. The molecular formula is C32H33NO6. The van der Waals surface area contributed by atoms with E-state index in [1.807, 2.05) is 38.1 Å². The van der Waals surface area contributed by atoms with E-state index in [9.17, 15) is 19.5 Å². The molecule has 1 saturated heterocycles. The highest BCUT2D eigenvalue weighted by Gasteiger charge is 2.47. The van der Waals surface area contributed by atoms with Crippen LogP contribution in [-0.4, -0.2) is 36.0 Å². The van der Waals surface area contributed by atoms with Gasteiger partial charge in [-0.05, 0) is 78.9 Å². The first kappa shape index (κ1) is 27.6. The number of Topliss-reactive ketones (excluding diaryl/α,β-unsaturated/α-hetero) is 1. The molecule has 1 aliphatic heterocycles. The van der Waals surface area contributed by atoms with E-state index in [0.717, 1.165) is 5.56 Å². The second-order valence-electron chi connectivity index (χ2n) is 10.8. The van der Waals surface area contributed by atoms with Gasteiger partial charge >= 0.3 is 5.97 Å². The molecule has 0 saturated carbocycles. The number of hydrogen-bond acceptors (Lipinski definition) is 6. The summed E-state index contributed by atoms with van der Waals surface area (Å²) in [6.45, 7) is 10.1. The van der Waals surface area contributed by atoms with Gasteiger partial charge in [0.1, 0.15) is 11.5 Å². The van der Waals surface area contributed by atoms with Crippen LogP contribution in [0.2, 0.25) is 0 Å². The van der Waals surface area contributed by atoms with Gasteiger partial charge in [-0.3, -0.25) is 14.5 Å². The van der Waals surface area contributed by atoms with E-state index in [-0.39, 0.29) is 22.9 Å². The van der Waals surface area contributed by atoms with E-state index in [1.165, 1.54) is 24.1 Å². The van der Waals surface area contributed by atoms with Crippen molar-refractivity contribution < 1.29 is 29.0 Å². The molecule has 0 aromatic heterocycles. The van der Waals surface area contributed by atoms with Gasteiger partial charge in [0.2, 0.25) is 0 Å². The molecular weight excluding hydrogens is 494 g/mol. The van der Waals surface area contributed by atoms with Crippen molar-refractivity contribution in [1.29, 1.82) is 0 Å². The molecule has 1 unspecified atom stereocenters. The van der Waals surface area contributed by atoms with Gasteiger partial charge < -0.3 is 14.6 Å². The number of esters is 1. The molecule has 3 aromatic rings. The number of methoxy groups -OCH3 is 1. The van der Waals surface area contributed by atoms with E-state index >= 15 is 0 Å². The van der Waals surface area contributed by atoms with Crippen molar-refractivity contribution in [3.63, 3.8) is 0 Å². The summed E-state index contributed by atoms with van der Waals surface area (Å²) in [4.78, 5) is 40.2. The molecule has 0 bridgehead atoms. The van der Waals surface area contributed by atoms with Crippen LogP contribution >= 0.6 is 0 Å². The third kappa shape index (κ3) is 5.58. The molecule has 3 aromatic carbocycles. The number of aliphatic hydroxyl groups is 1. The van der Waals surface area contributed by atoms with E-state index in [0.29, 0.717) is 28.1 Å². The first-order valence-corrected chi connectivity index (χ1v) is 12.8. The van der Waals surface area contributed by atoms with Gasteiger partial charge in [0, 0.05) is 11.3 Å². The molecule has 1 N–H and O–H groups in total. The number of nitrogens with zero attached hydrogens (tertiary/aromatic N) is 1. The Morgan fingerprint density at radius 3 is 1.95 bits per heavy atom. The highest BCUT2D eigenvalue weighted by Crippen LogP contribution is 2.42. The van der Waals surface area contributed by atoms with Crippen molar-refractivity contribution in [3.05, 3.63) is 101 Å². The molecule has 39 heavy (non-hydrogen) atoms. The lowest BCUT2D eigenvalue weighted by atomic mass is 9.85. The predicted molar refractivity (Wildman–Crippen MR) is 150 cm³/mol. The van der Waals surface area contributed by atoms with Crippen LogP contribution in [0.3, 0.4) is 0 Å². The third-order valence-electron chi connectivity index (χ3n) is 6.60. The van der Waals surface area contributed by atoms with Crippen molar-refractivity contribution in [2.24, 2.45) is 0 Å². The fourth-order valence-electron chi connectivity index (χ4n) is 4.57. The van der Waals surface area contributed by atoms with Gasteiger partial charge in [-0.15, -0.1) is 0 Å². The minimum atomic E-state index is -0.880. The highest BCUT2D eigenvalue weighted by molar-refractivity contribution is 6.51. The lowest BCUT2D eigenvalue weighted by Crippen LogP contribution is -2.29. The van der Waals surface area contributed by atoms with Crippen LogP contribution in [0.5, 0.6) is 5.75 Å². The fourth-order valence-corrected chi connectivity index (χ4v) is 4.57. The second kappa shape index (κ2) is 10.8. The largest absolute Gasteiger partial charge is 0.507 e. The zero-order valence-electron chi connectivity index (χ0n) is 23.0. The minimum Gasteiger partial charge on any atom is -0.507 e. The van der Waals surface area contributed by atoms with E-state index < -0.39 is 23.7 Å². The van der Waals surface area contributed by atoms with E-state index in [4.69, 9.17) is 9.47 Å². The maximum atomic E-state index is 13.4. The number of amides is 1. The molecule has 7 nitrogen and oxygen atoms in total. The molecule has 4 rings (SSSR count). The summed E-state index contributed by atoms with van der Waals surface area (Å²) in [5.74, 6) is -1.73. The average molecular weight is 528 g/mol. The van der Waals surface area contributed by atoms with Gasteiger partial charge in [-0.25, -0.2) is 4.79 Å². The summed E-state index contributed by atoms with van der Waals surface area (Å²) < 4.78 is 10.5. The van der Waals surface area contributed by atoms with Crippen LogP contribution in [0.1, 0.15) is 67.7 Å². The molecule has 1 amide bonds. The molecule has 0 radical (unpaired) electrons. The maximum Gasteiger partial charge on any atom is 0.337 e. The monoisotopic (exact) mass is 527 g/mol. The zero-order valence-corrected chi connectivity index (χ0v) is 23.0. The Bertz CT molecular complexity index is 1410. The molecule has 0 aliphatic carbocycles. The second-order valence-corrected chi connectivity index (χ2v) is 10.8. The first-order valence-electron chi connectivity index (χ1n) is 12.8. The number of rotatable bonds is 6. The van der Waals surface area contributed by atoms with Crippen molar-refractivity contribution >= 4 is 29.1 Å². The number of ether oxygens (including phenoxy) is 2. The minimum absolute atomic E-state index is 0.0157. The Morgan fingerprint density at radius 1 is 0.872 bits per heavy atom. The van der Waals surface area contributed by atoms with Crippen LogP contribution in [0.25, 0.3) is 5.76 Å². The summed E-state index contributed by atoms with van der Waals surface area (Å²) >= 11 is 0. The summed E-state index contributed by atoms with van der Waals surface area (Å²) in [7, 11) is 1.29. The molecule has 1 atom stereocenters. The zero-order chi connectivity index (χ0) is 28.5. The number of benzene rings is 3. The van der Waals surface area contributed by atoms with E-state index in [1.54, 1.807) is 36.4 Å². The van der Waals surface area contributed by atoms with Gasteiger partial charge in [0.15, 0.2) is 0 Å². The van der Waals surface area contributed by atoms with Crippen molar-refractivity contribution in [2.45, 2.75) is 52.2 Å². The van der Waals surface area contributed by atoms with Crippen LogP contribution in [-0.2, 0) is 19.7 Å². The predicted octanol–water partition coefficient (Wildman–Crippen LogP) is 6.18. The van der Waals surface area contributed by atoms with Gasteiger partial charge in [-0.2, -0.15) is 0 Å². The lowest BCUT2D eigenvalue weighted by Gasteiger charge is -2.26. The average Bonchev–Trinajstić information content (AvgIpc) is 3.17. The highest BCUT2D eigenvalue weighted by atomic mass is 16.5. The van der Waals surface area contributed by atoms with Gasteiger partial charge in [0.25, 0.3) is 11.7 Å². The fraction of sp³-hybridized carbons (Fsp3) is 0.281. The number of hydrogen-bond donors (Lipinski definition) is 1. The van der Waals surface area contributed by atoms with Crippen molar-refractivity contribution in [2.75, 3.05) is 12.0 Å². The summed E-state index contributed by atoms with van der Waals surface area (Å²) in [5.41, 5.74) is 2.76. The Labute approximate surface area is 228 Å². The molecule has 7 heteroatoms. The van der Waals surface area contributed by atoms with Crippen LogP contribution in [0.4, 0.5) is 5.69 Å². The number of carbonyl (C=O) groups is 3. The maximum absolute atomic E-state index is 13.4. The topological polar surface area (TPSA) is 93.1 Å². The number of ketones is 1. The Balaban J connectivity index is 1.85. The van der Waals surface area contributed by atoms with Crippen molar-refractivity contribution in [1.82, 2.24) is 0 Å². The Hall–Kier alpha value is -4.39. The third-order valence-corrected chi connectivity index (χ3v) is 6.60. The summed E-state index contributed by atoms with van der Waals surface area (Å²) in [5, 5.41) is 11.4. The van der Waals surface area contributed by atoms with Gasteiger partial charge in [-0.1, -0.05) is 45.0 Å². The van der Waals surface area contributed by atoms with Crippen LogP contribution < -0.4 is 9.64 Å². The SMILES string of the molecule is COC(=O)c1ccc(N2C(=O)C(=O)/C(=C(/O)c3ccc(OC(C)C)cc3)C2c2ccc(C(C)(C)C)cc2)cc1. The Morgan fingerprint density at radius 2 is 1.44 bits per heavy atom. The summed E-state index contributed by atoms with van der Waals surface area (Å²) in [6, 6.07) is 19.8. The molecule has 202 valence electrons. The van der Waals surface area contributed by atoms with Crippen LogP contribution in [0, 0.1) is 0 Å². The summed E-state index contributed by atoms with van der Waals surface area (Å²) in [6.07, 6.45) is -0.0172. The van der Waals surface area contributed by atoms with Crippen LogP contribution in [0.15, 0.2) is 78.4 Å². The Kier molecular flexibility index (Phi) is 7.63. The molecule has 1 heterocycles. The molecule has 1 fully saturated rings. The van der Waals surface area contributed by atoms with Crippen molar-refractivity contribution in [3.8, 4) is 5.75 Å². The number of aliphatic hydroxyl groups excluding tert-OH is 1. The smallest absolute Gasteiger partial charge is 0.337 e. The molecule has 1 aliphatic rings. The number of carbonyl (C=O) groups excluding carboxylic acids is 3.